The summed E-state index contributed by atoms with van der Waals surface area (Å²) in [5, 5.41) is 0. The Labute approximate surface area is 106 Å². The summed E-state index contributed by atoms with van der Waals surface area (Å²) >= 11 is 0. The SMILES string of the molecule is O=C1CCC(Cc2ccc(C3OCCO3)cc2)O1. The van der Waals surface area contributed by atoms with Gasteiger partial charge in [-0.15, -0.1) is 0 Å². The van der Waals surface area contributed by atoms with Crippen LogP contribution in [0.1, 0.15) is 30.3 Å². The molecule has 2 saturated heterocycles. The zero-order chi connectivity index (χ0) is 12.4. The third-order valence-electron chi connectivity index (χ3n) is 3.31. The van der Waals surface area contributed by atoms with Crippen molar-refractivity contribution in [3.05, 3.63) is 35.4 Å². The average molecular weight is 248 g/mol. The monoisotopic (exact) mass is 248 g/mol. The Morgan fingerprint density at radius 3 is 2.44 bits per heavy atom. The van der Waals surface area contributed by atoms with E-state index in [4.69, 9.17) is 14.2 Å². The Morgan fingerprint density at radius 1 is 1.11 bits per heavy atom. The quantitative estimate of drug-likeness (QED) is 0.767. The highest BCUT2D eigenvalue weighted by molar-refractivity contribution is 5.71. The zero-order valence-corrected chi connectivity index (χ0v) is 10.1. The number of carbonyl (C=O) groups is 1. The molecule has 0 radical (unpaired) electrons. The van der Waals surface area contributed by atoms with Gasteiger partial charge in [-0.2, -0.15) is 0 Å². The maximum absolute atomic E-state index is 11.0. The molecule has 3 rings (SSSR count). The summed E-state index contributed by atoms with van der Waals surface area (Å²) in [6.45, 7) is 1.31. The highest BCUT2D eigenvalue weighted by Gasteiger charge is 2.23. The van der Waals surface area contributed by atoms with Crippen LogP contribution >= 0.6 is 0 Å². The molecule has 1 aromatic rings. The molecule has 2 aliphatic heterocycles. The van der Waals surface area contributed by atoms with Crippen molar-refractivity contribution in [2.45, 2.75) is 31.7 Å². The second kappa shape index (κ2) is 5.08. The van der Waals surface area contributed by atoms with Crippen molar-refractivity contribution < 1.29 is 19.0 Å². The molecule has 0 bridgehead atoms. The molecule has 0 spiro atoms. The number of cyclic esters (lactones) is 1. The molecule has 2 heterocycles. The van der Waals surface area contributed by atoms with Crippen LogP contribution in [0.5, 0.6) is 0 Å². The van der Waals surface area contributed by atoms with E-state index in [2.05, 4.69) is 0 Å². The summed E-state index contributed by atoms with van der Waals surface area (Å²) in [6.07, 6.45) is 1.99. The molecule has 18 heavy (non-hydrogen) atoms. The summed E-state index contributed by atoms with van der Waals surface area (Å²) < 4.78 is 16.1. The number of rotatable bonds is 3. The number of carbonyl (C=O) groups excluding carboxylic acids is 1. The summed E-state index contributed by atoms with van der Waals surface area (Å²) in [4.78, 5) is 11.0. The van der Waals surface area contributed by atoms with Crippen LogP contribution in [0.15, 0.2) is 24.3 Å². The van der Waals surface area contributed by atoms with E-state index in [1.165, 1.54) is 5.56 Å². The maximum atomic E-state index is 11.0. The van der Waals surface area contributed by atoms with Gasteiger partial charge in [0.25, 0.3) is 0 Å². The molecule has 0 amide bonds. The lowest BCUT2D eigenvalue weighted by Crippen LogP contribution is -2.10. The van der Waals surface area contributed by atoms with E-state index >= 15 is 0 Å². The first kappa shape index (κ1) is 11.7. The zero-order valence-electron chi connectivity index (χ0n) is 10.1. The molecule has 1 atom stereocenters. The molecule has 2 fully saturated rings. The first-order valence-electron chi connectivity index (χ1n) is 6.33. The number of ether oxygens (including phenoxy) is 3. The molecule has 0 aromatic heterocycles. The summed E-state index contributed by atoms with van der Waals surface area (Å²) in [6, 6.07) is 8.13. The van der Waals surface area contributed by atoms with Gasteiger partial charge in [0.1, 0.15) is 6.10 Å². The molecule has 1 aromatic carbocycles. The van der Waals surface area contributed by atoms with Crippen molar-refractivity contribution in [3.8, 4) is 0 Å². The lowest BCUT2D eigenvalue weighted by Gasteiger charge is -2.12. The molecule has 4 heteroatoms. The fourth-order valence-electron chi connectivity index (χ4n) is 2.35. The smallest absolute Gasteiger partial charge is 0.306 e. The standard InChI is InChI=1S/C14H16O4/c15-13-6-5-12(18-13)9-10-1-3-11(4-2-10)14-16-7-8-17-14/h1-4,12,14H,5-9H2. The summed E-state index contributed by atoms with van der Waals surface area (Å²) in [5.41, 5.74) is 2.22. The van der Waals surface area contributed by atoms with Crippen LogP contribution in [0.25, 0.3) is 0 Å². The average Bonchev–Trinajstić information content (AvgIpc) is 3.02. The fourth-order valence-corrected chi connectivity index (χ4v) is 2.35. The molecular weight excluding hydrogens is 232 g/mol. The van der Waals surface area contributed by atoms with Crippen molar-refractivity contribution in [3.63, 3.8) is 0 Å². The van der Waals surface area contributed by atoms with Gasteiger partial charge in [-0.25, -0.2) is 0 Å². The Morgan fingerprint density at radius 2 is 1.83 bits per heavy atom. The Kier molecular flexibility index (Phi) is 3.30. The maximum Gasteiger partial charge on any atom is 0.306 e. The summed E-state index contributed by atoms with van der Waals surface area (Å²) in [7, 11) is 0. The number of hydrogen-bond acceptors (Lipinski definition) is 4. The molecule has 96 valence electrons. The van der Waals surface area contributed by atoms with Crippen molar-refractivity contribution in [1.29, 1.82) is 0 Å². The predicted molar refractivity (Wildman–Crippen MR) is 63.9 cm³/mol. The van der Waals surface area contributed by atoms with Gasteiger partial charge in [-0.1, -0.05) is 24.3 Å². The third kappa shape index (κ3) is 2.54. The molecular formula is C14H16O4. The van der Waals surface area contributed by atoms with E-state index in [-0.39, 0.29) is 18.4 Å². The van der Waals surface area contributed by atoms with E-state index in [9.17, 15) is 4.79 Å². The van der Waals surface area contributed by atoms with E-state index in [1.807, 2.05) is 24.3 Å². The van der Waals surface area contributed by atoms with Gasteiger partial charge in [-0.05, 0) is 12.0 Å². The molecule has 1 unspecified atom stereocenters. The minimum atomic E-state index is -0.219. The lowest BCUT2D eigenvalue weighted by molar-refractivity contribution is -0.141. The van der Waals surface area contributed by atoms with Crippen LogP contribution in [0, 0.1) is 0 Å². The Balaban J connectivity index is 1.62. The van der Waals surface area contributed by atoms with Gasteiger partial charge in [0.15, 0.2) is 6.29 Å². The predicted octanol–water partition coefficient (Wildman–Crippen LogP) is 1.98. The first-order chi connectivity index (χ1) is 8.81. The van der Waals surface area contributed by atoms with Crippen LogP contribution < -0.4 is 0 Å². The third-order valence-corrected chi connectivity index (χ3v) is 3.31. The van der Waals surface area contributed by atoms with Gasteiger partial charge in [-0.3, -0.25) is 4.79 Å². The van der Waals surface area contributed by atoms with Crippen LogP contribution in [-0.2, 0) is 25.4 Å². The van der Waals surface area contributed by atoms with Crippen molar-refractivity contribution in [1.82, 2.24) is 0 Å². The highest BCUT2D eigenvalue weighted by atomic mass is 16.7. The van der Waals surface area contributed by atoms with Gasteiger partial charge in [0.2, 0.25) is 0 Å². The number of benzene rings is 1. The molecule has 0 aliphatic carbocycles. The number of hydrogen-bond donors (Lipinski definition) is 0. The van der Waals surface area contributed by atoms with Crippen LogP contribution in [0.4, 0.5) is 0 Å². The largest absolute Gasteiger partial charge is 0.462 e. The number of esters is 1. The van der Waals surface area contributed by atoms with E-state index in [0.717, 1.165) is 18.4 Å². The fraction of sp³-hybridized carbons (Fsp3) is 0.500. The lowest BCUT2D eigenvalue weighted by atomic mass is 10.0. The van der Waals surface area contributed by atoms with E-state index < -0.39 is 0 Å². The van der Waals surface area contributed by atoms with Crippen LogP contribution in [-0.4, -0.2) is 25.3 Å². The van der Waals surface area contributed by atoms with Gasteiger partial charge in [0, 0.05) is 18.4 Å². The van der Waals surface area contributed by atoms with Gasteiger partial charge >= 0.3 is 5.97 Å². The minimum absolute atomic E-state index is 0.0438. The second-order valence-corrected chi connectivity index (χ2v) is 4.67. The van der Waals surface area contributed by atoms with Crippen molar-refractivity contribution >= 4 is 5.97 Å². The second-order valence-electron chi connectivity index (χ2n) is 4.67. The molecule has 2 aliphatic rings. The van der Waals surface area contributed by atoms with Gasteiger partial charge < -0.3 is 14.2 Å². The van der Waals surface area contributed by atoms with Crippen molar-refractivity contribution in [2.75, 3.05) is 13.2 Å². The first-order valence-corrected chi connectivity index (χ1v) is 6.33. The normalized spacial score (nSPS) is 24.4. The van der Waals surface area contributed by atoms with Gasteiger partial charge in [0.05, 0.1) is 13.2 Å². The highest BCUT2D eigenvalue weighted by Crippen LogP contribution is 2.24. The minimum Gasteiger partial charge on any atom is -0.462 e. The van der Waals surface area contributed by atoms with E-state index in [1.54, 1.807) is 0 Å². The molecule has 0 saturated carbocycles. The van der Waals surface area contributed by atoms with Crippen LogP contribution in [0.3, 0.4) is 0 Å². The Hall–Kier alpha value is -1.39. The summed E-state index contributed by atoms with van der Waals surface area (Å²) in [5.74, 6) is -0.0793. The Bertz CT molecular complexity index is 420. The topological polar surface area (TPSA) is 44.8 Å². The molecule has 4 nitrogen and oxygen atoms in total. The van der Waals surface area contributed by atoms with Crippen molar-refractivity contribution in [2.24, 2.45) is 0 Å². The van der Waals surface area contributed by atoms with Crippen LogP contribution in [0.2, 0.25) is 0 Å². The molecule has 0 N–H and O–H groups in total. The van der Waals surface area contributed by atoms with E-state index in [0.29, 0.717) is 19.6 Å².